The van der Waals surface area contributed by atoms with Crippen molar-refractivity contribution in [3.63, 3.8) is 0 Å². The summed E-state index contributed by atoms with van der Waals surface area (Å²) < 4.78 is 10.6. The van der Waals surface area contributed by atoms with Crippen molar-refractivity contribution in [2.45, 2.75) is 38.0 Å². The molecule has 3 aromatic rings. The number of hydrogen-bond acceptors (Lipinski definition) is 6. The molecule has 6 heteroatoms. The Bertz CT molecular complexity index is 1480. The van der Waals surface area contributed by atoms with Crippen LogP contribution in [-0.4, -0.2) is 35.4 Å². The lowest BCUT2D eigenvalue weighted by molar-refractivity contribution is -0.171. The molecule has 8 rings (SSSR count). The van der Waals surface area contributed by atoms with Crippen LogP contribution in [0.4, 0.5) is 0 Å². The van der Waals surface area contributed by atoms with E-state index in [1.54, 1.807) is 13.8 Å². The van der Waals surface area contributed by atoms with E-state index in [9.17, 15) is 19.8 Å². The maximum atomic E-state index is 13.1. The second kappa shape index (κ2) is 6.45. The molecule has 0 heterocycles. The summed E-state index contributed by atoms with van der Waals surface area (Å²) in [5.41, 5.74) is 5.72. The molecule has 5 aliphatic rings. The zero-order valence-corrected chi connectivity index (χ0v) is 19.5. The third-order valence-electron chi connectivity index (χ3n) is 8.45. The number of aromatic hydroxyl groups is 2. The number of phenols is 2. The van der Waals surface area contributed by atoms with Crippen molar-refractivity contribution >= 4 is 11.9 Å². The van der Waals surface area contributed by atoms with Crippen LogP contribution in [0.5, 0.6) is 11.5 Å². The Kier molecular flexibility index (Phi) is 3.79. The van der Waals surface area contributed by atoms with Gasteiger partial charge in [0.2, 0.25) is 0 Å². The van der Waals surface area contributed by atoms with Gasteiger partial charge >= 0.3 is 11.9 Å². The van der Waals surface area contributed by atoms with Gasteiger partial charge in [-0.15, -0.1) is 0 Å². The van der Waals surface area contributed by atoms with E-state index < -0.39 is 22.8 Å². The van der Waals surface area contributed by atoms with Crippen LogP contribution in [-0.2, 0) is 37.3 Å². The standard InChI is InChI=1S/C29H24O6/c1-3-34-26(32)28(27(33)35-4-2)12-16-17(13-28)25(31)23-21(24(16)30)20-14-8-5-6-10-18(14)29(23)19-11-7-9-15(20)22(19)29/h5-11,20,30-31H,3-4,12-13H2,1-2H3. The summed E-state index contributed by atoms with van der Waals surface area (Å²) in [7, 11) is 0. The molecule has 1 spiro atoms. The van der Waals surface area contributed by atoms with Gasteiger partial charge in [0.25, 0.3) is 0 Å². The summed E-state index contributed by atoms with van der Waals surface area (Å²) in [6.07, 6.45) is -0.142. The van der Waals surface area contributed by atoms with E-state index in [4.69, 9.17) is 9.47 Å². The predicted molar refractivity (Wildman–Crippen MR) is 126 cm³/mol. The van der Waals surface area contributed by atoms with Crippen LogP contribution < -0.4 is 0 Å². The molecule has 2 bridgehead atoms. The van der Waals surface area contributed by atoms with Gasteiger partial charge in [-0.3, -0.25) is 9.59 Å². The Hall–Kier alpha value is -3.80. The lowest BCUT2D eigenvalue weighted by Gasteiger charge is -2.41. The maximum Gasteiger partial charge on any atom is 0.324 e. The number of carbonyl (C=O) groups is 2. The molecule has 0 aliphatic heterocycles. The van der Waals surface area contributed by atoms with E-state index in [0.29, 0.717) is 22.3 Å². The number of ether oxygens (including phenoxy) is 2. The minimum atomic E-state index is -1.63. The fourth-order valence-electron chi connectivity index (χ4n) is 7.16. The summed E-state index contributed by atoms with van der Waals surface area (Å²) in [6.45, 7) is 3.59. The van der Waals surface area contributed by atoms with E-state index in [-0.39, 0.29) is 43.5 Å². The van der Waals surface area contributed by atoms with Gasteiger partial charge in [-0.25, -0.2) is 0 Å². The van der Waals surface area contributed by atoms with Gasteiger partial charge in [0.05, 0.1) is 18.6 Å². The van der Waals surface area contributed by atoms with Crippen molar-refractivity contribution in [1.29, 1.82) is 0 Å². The van der Waals surface area contributed by atoms with Crippen LogP contribution in [0, 0.1) is 5.41 Å². The summed E-state index contributed by atoms with van der Waals surface area (Å²) in [5.74, 6) is -1.49. The van der Waals surface area contributed by atoms with Gasteiger partial charge in [0.15, 0.2) is 5.41 Å². The molecule has 0 saturated carbocycles. The Labute approximate surface area is 202 Å². The first-order chi connectivity index (χ1) is 16.9. The average molecular weight is 469 g/mol. The highest BCUT2D eigenvalue weighted by Crippen LogP contribution is 2.75. The first kappa shape index (κ1) is 20.6. The fourth-order valence-corrected chi connectivity index (χ4v) is 7.16. The van der Waals surface area contributed by atoms with Crippen molar-refractivity contribution in [3.05, 3.63) is 92.5 Å². The van der Waals surface area contributed by atoms with Crippen molar-refractivity contribution in [2.75, 3.05) is 13.2 Å². The van der Waals surface area contributed by atoms with Gasteiger partial charge < -0.3 is 19.7 Å². The predicted octanol–water partition coefficient (Wildman–Crippen LogP) is 3.81. The molecule has 0 saturated heterocycles. The zero-order valence-electron chi connectivity index (χ0n) is 19.5. The van der Waals surface area contributed by atoms with E-state index >= 15 is 0 Å². The van der Waals surface area contributed by atoms with E-state index in [1.165, 1.54) is 5.56 Å². The van der Waals surface area contributed by atoms with Gasteiger partial charge in [0.1, 0.15) is 11.5 Å². The number of carbonyl (C=O) groups excluding carboxylic acids is 2. The molecule has 0 fully saturated rings. The molecule has 2 atom stereocenters. The van der Waals surface area contributed by atoms with Crippen molar-refractivity contribution in [2.24, 2.45) is 5.41 Å². The lowest BCUT2D eigenvalue weighted by Crippen LogP contribution is -2.43. The highest BCUT2D eigenvalue weighted by Gasteiger charge is 2.67. The minimum absolute atomic E-state index is 0.0558. The minimum Gasteiger partial charge on any atom is -0.507 e. The van der Waals surface area contributed by atoms with Crippen LogP contribution in [0.25, 0.3) is 0 Å². The molecule has 2 unspecified atom stereocenters. The van der Waals surface area contributed by atoms with E-state index in [2.05, 4.69) is 24.3 Å². The summed E-state index contributed by atoms with van der Waals surface area (Å²) >= 11 is 0. The molecule has 5 aliphatic carbocycles. The topological polar surface area (TPSA) is 93.1 Å². The highest BCUT2D eigenvalue weighted by molar-refractivity contribution is 6.02. The maximum absolute atomic E-state index is 13.1. The first-order valence-corrected chi connectivity index (χ1v) is 12.1. The number of phenolic OH excluding ortho intramolecular Hbond substituents is 2. The van der Waals surface area contributed by atoms with E-state index in [0.717, 1.165) is 22.3 Å². The van der Waals surface area contributed by atoms with Crippen LogP contribution in [0.15, 0.2) is 42.5 Å². The SMILES string of the molecule is CCOC(=O)C1(C(=O)OCC)Cc2c(O)c3c(c(O)c2C1)C12c4ccccc4C3c3cccc1c32. The molecule has 2 N–H and O–H groups in total. The fraction of sp³-hybridized carbons (Fsp3) is 0.310. The monoisotopic (exact) mass is 468 g/mol. The molecule has 3 aromatic carbocycles. The molecule has 176 valence electrons. The highest BCUT2D eigenvalue weighted by atomic mass is 16.6. The normalized spacial score (nSPS) is 22.5. The Morgan fingerprint density at radius 3 is 2.11 bits per heavy atom. The summed E-state index contributed by atoms with van der Waals surface area (Å²) in [4.78, 5) is 26.3. The molecule has 0 amide bonds. The van der Waals surface area contributed by atoms with Crippen LogP contribution in [0.3, 0.4) is 0 Å². The second-order valence-corrected chi connectivity index (χ2v) is 9.86. The molecular weight excluding hydrogens is 444 g/mol. The van der Waals surface area contributed by atoms with Gasteiger partial charge in [-0.2, -0.15) is 0 Å². The van der Waals surface area contributed by atoms with Crippen molar-refractivity contribution < 1.29 is 29.3 Å². The third-order valence-corrected chi connectivity index (χ3v) is 8.45. The number of esters is 2. The average Bonchev–Trinajstić information content (AvgIpc) is 3.35. The molecule has 35 heavy (non-hydrogen) atoms. The van der Waals surface area contributed by atoms with Crippen LogP contribution in [0.1, 0.15) is 69.8 Å². The third kappa shape index (κ3) is 2.09. The van der Waals surface area contributed by atoms with E-state index in [1.807, 2.05) is 18.2 Å². The van der Waals surface area contributed by atoms with Crippen molar-refractivity contribution in [3.8, 4) is 11.5 Å². The largest absolute Gasteiger partial charge is 0.507 e. The lowest BCUT2D eigenvalue weighted by atomic mass is 9.61. The number of hydrogen-bond donors (Lipinski definition) is 2. The summed E-state index contributed by atoms with van der Waals surface area (Å²) in [6, 6.07) is 14.4. The summed E-state index contributed by atoms with van der Waals surface area (Å²) in [5, 5.41) is 23.6. The van der Waals surface area contributed by atoms with Crippen LogP contribution >= 0.6 is 0 Å². The quantitative estimate of drug-likeness (QED) is 0.232. The van der Waals surface area contributed by atoms with Gasteiger partial charge in [-0.1, -0.05) is 42.5 Å². The Morgan fingerprint density at radius 2 is 1.43 bits per heavy atom. The smallest absolute Gasteiger partial charge is 0.324 e. The first-order valence-electron chi connectivity index (χ1n) is 12.1. The number of rotatable bonds is 4. The second-order valence-electron chi connectivity index (χ2n) is 9.86. The molecule has 0 radical (unpaired) electrons. The number of fused-ring (bicyclic) bond motifs is 1. The van der Waals surface area contributed by atoms with Gasteiger partial charge in [-0.05, 0) is 41.7 Å². The van der Waals surface area contributed by atoms with Crippen molar-refractivity contribution in [1.82, 2.24) is 0 Å². The van der Waals surface area contributed by atoms with Crippen LogP contribution in [0.2, 0.25) is 0 Å². The number of benzene rings is 3. The Morgan fingerprint density at radius 1 is 0.829 bits per heavy atom. The van der Waals surface area contributed by atoms with Gasteiger partial charge in [0, 0.05) is 41.0 Å². The molecule has 0 aromatic heterocycles. The Balaban J connectivity index is 1.49. The molecule has 6 nitrogen and oxygen atoms in total. The molecular formula is C29H24O6. The zero-order chi connectivity index (χ0) is 24.3.